The van der Waals surface area contributed by atoms with E-state index in [2.05, 4.69) is 23.5 Å². The monoisotopic (exact) mass is 562 g/mol. The van der Waals surface area contributed by atoms with Gasteiger partial charge in [-0.25, -0.2) is 4.79 Å². The average molecular weight is 563 g/mol. The van der Waals surface area contributed by atoms with Crippen molar-refractivity contribution in [2.45, 2.75) is 38.3 Å². The van der Waals surface area contributed by atoms with Crippen molar-refractivity contribution in [2.24, 2.45) is 5.92 Å². The second-order valence-corrected chi connectivity index (χ2v) is 11.4. The first-order valence-electron chi connectivity index (χ1n) is 13.1. The lowest BCUT2D eigenvalue weighted by Gasteiger charge is -2.37. The van der Waals surface area contributed by atoms with Crippen molar-refractivity contribution in [3.05, 3.63) is 88.3 Å². The maximum Gasteiger partial charge on any atom is 0.404 e. The van der Waals surface area contributed by atoms with Crippen LogP contribution in [0.3, 0.4) is 0 Å². The summed E-state index contributed by atoms with van der Waals surface area (Å²) in [6, 6.07) is 24.1. The number of hydrogen-bond acceptors (Lipinski definition) is 4. The predicted octanol–water partition coefficient (Wildman–Crippen LogP) is 7.70. The average Bonchev–Trinajstić information content (AvgIpc) is 3.31. The molecule has 2 N–H and O–H groups in total. The summed E-state index contributed by atoms with van der Waals surface area (Å²) in [5, 5.41) is 12.9. The molecule has 0 aliphatic heterocycles. The molecule has 1 aliphatic carbocycles. The quantitative estimate of drug-likeness (QED) is 0.231. The van der Waals surface area contributed by atoms with E-state index in [9.17, 15) is 9.59 Å². The fraction of sp³-hybridized carbons (Fsp3) is 0.290. The molecule has 1 aliphatic rings. The number of halogens is 1. The maximum atomic E-state index is 14.2. The van der Waals surface area contributed by atoms with Gasteiger partial charge in [0.1, 0.15) is 10.6 Å². The third kappa shape index (κ3) is 6.05. The van der Waals surface area contributed by atoms with Gasteiger partial charge in [-0.05, 0) is 60.9 Å². The van der Waals surface area contributed by atoms with Crippen LogP contribution in [0.5, 0.6) is 5.75 Å². The van der Waals surface area contributed by atoms with Crippen LogP contribution in [0.1, 0.15) is 40.9 Å². The number of carbonyl (C=O) groups is 2. The largest absolute Gasteiger partial charge is 0.496 e. The molecule has 0 radical (unpaired) electrons. The van der Waals surface area contributed by atoms with Crippen LogP contribution in [0.25, 0.3) is 21.2 Å². The summed E-state index contributed by atoms with van der Waals surface area (Å²) in [7, 11) is 1.65. The summed E-state index contributed by atoms with van der Waals surface area (Å²) in [6.45, 7) is 0.820. The van der Waals surface area contributed by atoms with Crippen molar-refractivity contribution in [3.63, 3.8) is 0 Å². The van der Waals surface area contributed by atoms with E-state index in [4.69, 9.17) is 21.4 Å². The number of amides is 2. The number of benzene rings is 3. The SMILES string of the molecule is COc1ccc(-c2ccccc2)cc1CN(C(=O)c1sc2ccccc2c1Cl)C1CCC(CNC(=O)O)CC1. The summed E-state index contributed by atoms with van der Waals surface area (Å²) in [5.74, 6) is 0.910. The molecule has 1 saturated carbocycles. The number of carboxylic acid groups (broad SMARTS) is 1. The van der Waals surface area contributed by atoms with Crippen LogP contribution in [0, 0.1) is 5.92 Å². The third-order valence-electron chi connectivity index (χ3n) is 7.52. The van der Waals surface area contributed by atoms with Crippen LogP contribution in [0.2, 0.25) is 5.02 Å². The zero-order chi connectivity index (χ0) is 27.4. The number of carbonyl (C=O) groups excluding carboxylic acids is 1. The van der Waals surface area contributed by atoms with Crippen LogP contribution in [0.4, 0.5) is 4.79 Å². The molecule has 202 valence electrons. The highest BCUT2D eigenvalue weighted by molar-refractivity contribution is 7.21. The lowest BCUT2D eigenvalue weighted by molar-refractivity contribution is 0.0592. The number of nitrogens with zero attached hydrogens (tertiary/aromatic N) is 1. The Kier molecular flexibility index (Phi) is 8.38. The minimum Gasteiger partial charge on any atom is -0.496 e. The minimum atomic E-state index is -1.00. The molecule has 39 heavy (non-hydrogen) atoms. The molecule has 0 spiro atoms. The van der Waals surface area contributed by atoms with Crippen LogP contribution < -0.4 is 10.1 Å². The molecular weight excluding hydrogens is 532 g/mol. The van der Waals surface area contributed by atoms with Crippen molar-refractivity contribution in [1.29, 1.82) is 0 Å². The van der Waals surface area contributed by atoms with Gasteiger partial charge in [0.25, 0.3) is 5.91 Å². The van der Waals surface area contributed by atoms with E-state index in [1.54, 1.807) is 7.11 Å². The second kappa shape index (κ2) is 12.1. The van der Waals surface area contributed by atoms with Crippen LogP contribution in [-0.2, 0) is 6.54 Å². The first-order chi connectivity index (χ1) is 18.9. The lowest BCUT2D eigenvalue weighted by Crippen LogP contribution is -2.43. The van der Waals surface area contributed by atoms with Crippen molar-refractivity contribution < 1.29 is 19.4 Å². The molecule has 1 fully saturated rings. The fourth-order valence-corrected chi connectivity index (χ4v) is 6.90. The third-order valence-corrected chi connectivity index (χ3v) is 9.18. The first kappa shape index (κ1) is 27.0. The Hall–Kier alpha value is -3.55. The summed E-state index contributed by atoms with van der Waals surface area (Å²) in [4.78, 5) is 27.7. The van der Waals surface area contributed by atoms with Gasteiger partial charge in [0.05, 0.1) is 12.1 Å². The van der Waals surface area contributed by atoms with E-state index in [0.717, 1.165) is 58.2 Å². The number of hydrogen-bond donors (Lipinski definition) is 2. The second-order valence-electron chi connectivity index (χ2n) is 9.93. The number of rotatable bonds is 8. The fourth-order valence-electron chi connectivity index (χ4n) is 5.44. The summed E-state index contributed by atoms with van der Waals surface area (Å²) in [6.07, 6.45) is 2.27. The number of ether oxygens (including phenoxy) is 1. The summed E-state index contributed by atoms with van der Waals surface area (Å²) >= 11 is 8.20. The van der Waals surface area contributed by atoms with Crippen molar-refractivity contribution in [2.75, 3.05) is 13.7 Å². The molecule has 1 aromatic heterocycles. The summed E-state index contributed by atoms with van der Waals surface area (Å²) in [5.41, 5.74) is 3.08. The van der Waals surface area contributed by atoms with Crippen molar-refractivity contribution >= 4 is 45.0 Å². The Bertz CT molecular complexity index is 1460. The standard InChI is InChI=1S/C31H31ClN2O4S/c1-38-26-16-13-22(21-7-3-2-4-8-21)17-23(26)19-34(24-14-11-20(12-15-24)18-33-31(36)37)30(35)29-28(32)25-9-5-6-10-27(25)39-29/h2-10,13,16-17,20,24,33H,11-12,14-15,18-19H2,1H3,(H,36,37). The molecule has 2 amide bonds. The van der Waals surface area contributed by atoms with E-state index in [1.165, 1.54) is 11.3 Å². The zero-order valence-electron chi connectivity index (χ0n) is 21.7. The number of thiophene rings is 1. The highest BCUT2D eigenvalue weighted by Crippen LogP contribution is 2.38. The van der Waals surface area contributed by atoms with Gasteiger partial charge in [-0.1, -0.05) is 66.2 Å². The van der Waals surface area contributed by atoms with Gasteiger partial charge in [0, 0.05) is 34.8 Å². The normalized spacial score (nSPS) is 17.1. The van der Waals surface area contributed by atoms with Gasteiger partial charge in [0.2, 0.25) is 0 Å². The topological polar surface area (TPSA) is 78.9 Å². The molecule has 8 heteroatoms. The van der Waals surface area contributed by atoms with Crippen molar-refractivity contribution in [3.8, 4) is 16.9 Å². The van der Waals surface area contributed by atoms with E-state index in [1.807, 2.05) is 59.5 Å². The van der Waals surface area contributed by atoms with E-state index < -0.39 is 6.09 Å². The lowest BCUT2D eigenvalue weighted by atomic mass is 9.85. The number of methoxy groups -OCH3 is 1. The molecule has 6 nitrogen and oxygen atoms in total. The number of nitrogens with one attached hydrogen (secondary N) is 1. The molecule has 1 heterocycles. The van der Waals surface area contributed by atoms with Gasteiger partial charge >= 0.3 is 6.09 Å². The molecule has 3 aromatic carbocycles. The maximum absolute atomic E-state index is 14.2. The van der Waals surface area contributed by atoms with Crippen LogP contribution >= 0.6 is 22.9 Å². The van der Waals surface area contributed by atoms with Crippen LogP contribution in [-0.4, -0.2) is 41.7 Å². The Morgan fingerprint density at radius 1 is 1.00 bits per heavy atom. The van der Waals surface area contributed by atoms with Gasteiger partial charge in [-0.2, -0.15) is 0 Å². The van der Waals surface area contributed by atoms with Gasteiger partial charge in [0.15, 0.2) is 0 Å². The van der Waals surface area contributed by atoms with E-state index in [-0.39, 0.29) is 17.9 Å². The predicted molar refractivity (Wildman–Crippen MR) is 157 cm³/mol. The Balaban J connectivity index is 1.47. The highest BCUT2D eigenvalue weighted by Gasteiger charge is 2.32. The molecule has 5 rings (SSSR count). The Morgan fingerprint density at radius 3 is 2.41 bits per heavy atom. The molecule has 0 bridgehead atoms. The highest BCUT2D eigenvalue weighted by atomic mass is 35.5. The smallest absolute Gasteiger partial charge is 0.404 e. The summed E-state index contributed by atoms with van der Waals surface area (Å²) < 4.78 is 6.71. The first-order valence-corrected chi connectivity index (χ1v) is 14.3. The van der Waals surface area contributed by atoms with Gasteiger partial charge in [-0.15, -0.1) is 11.3 Å². The molecule has 4 aromatic rings. The Labute approximate surface area is 237 Å². The van der Waals surface area contributed by atoms with Crippen molar-refractivity contribution in [1.82, 2.24) is 10.2 Å². The molecule has 0 saturated heterocycles. The zero-order valence-corrected chi connectivity index (χ0v) is 23.3. The molecule has 0 unspecified atom stereocenters. The van der Waals surface area contributed by atoms with Gasteiger partial charge in [-0.3, -0.25) is 4.79 Å². The molecular formula is C31H31ClN2O4S. The Morgan fingerprint density at radius 2 is 1.72 bits per heavy atom. The number of fused-ring (bicyclic) bond motifs is 1. The van der Waals surface area contributed by atoms with Crippen LogP contribution in [0.15, 0.2) is 72.8 Å². The van der Waals surface area contributed by atoms with E-state index >= 15 is 0 Å². The van der Waals surface area contributed by atoms with E-state index in [0.29, 0.717) is 23.0 Å². The minimum absolute atomic E-state index is 0.00458. The molecule has 0 atom stereocenters. The van der Waals surface area contributed by atoms with Gasteiger partial charge < -0.3 is 20.1 Å².